The lowest BCUT2D eigenvalue weighted by atomic mass is 10.1. The van der Waals surface area contributed by atoms with E-state index in [0.717, 1.165) is 46.8 Å². The summed E-state index contributed by atoms with van der Waals surface area (Å²) in [7, 11) is 0. The van der Waals surface area contributed by atoms with Gasteiger partial charge in [0.1, 0.15) is 10.6 Å². The Labute approximate surface area is 148 Å². The van der Waals surface area contributed by atoms with Crippen LogP contribution in [0.4, 0.5) is 19.0 Å². The molecule has 0 spiro atoms. The largest absolute Gasteiger partial charge is 0.416 e. The van der Waals surface area contributed by atoms with Crippen molar-refractivity contribution >= 4 is 27.4 Å². The fraction of sp³-hybridized carbons (Fsp3) is 0.333. The van der Waals surface area contributed by atoms with Gasteiger partial charge in [0.25, 0.3) is 0 Å². The predicted molar refractivity (Wildman–Crippen MR) is 96.2 cm³/mol. The van der Waals surface area contributed by atoms with Crippen molar-refractivity contribution in [3.8, 4) is 11.4 Å². The number of aryl methyl sites for hydroxylation is 1. The minimum absolute atomic E-state index is 0.449. The Morgan fingerprint density at radius 3 is 2.24 bits per heavy atom. The number of hydrogen-bond acceptors (Lipinski definition) is 4. The van der Waals surface area contributed by atoms with Crippen LogP contribution in [0.1, 0.15) is 25.0 Å². The van der Waals surface area contributed by atoms with E-state index in [9.17, 15) is 13.2 Å². The molecule has 2 heterocycles. The van der Waals surface area contributed by atoms with Gasteiger partial charge in [0, 0.05) is 18.7 Å². The van der Waals surface area contributed by atoms with Crippen molar-refractivity contribution in [1.29, 1.82) is 0 Å². The van der Waals surface area contributed by atoms with E-state index >= 15 is 0 Å². The van der Waals surface area contributed by atoms with Crippen molar-refractivity contribution in [3.63, 3.8) is 0 Å². The SMILES string of the molecule is CCN(CC)c1nc(-c2ccc(C(F)(F)F)cc2)nc2scc(C)c12. The minimum atomic E-state index is -4.35. The van der Waals surface area contributed by atoms with Gasteiger partial charge in [-0.3, -0.25) is 0 Å². The first kappa shape index (κ1) is 17.7. The fourth-order valence-electron chi connectivity index (χ4n) is 2.75. The van der Waals surface area contributed by atoms with Gasteiger partial charge in [-0.15, -0.1) is 11.3 Å². The van der Waals surface area contributed by atoms with Gasteiger partial charge in [0.2, 0.25) is 0 Å². The zero-order valence-corrected chi connectivity index (χ0v) is 15.0. The molecule has 0 amide bonds. The van der Waals surface area contributed by atoms with E-state index in [-0.39, 0.29) is 0 Å². The van der Waals surface area contributed by atoms with E-state index in [1.54, 1.807) is 0 Å². The van der Waals surface area contributed by atoms with E-state index in [1.807, 2.05) is 12.3 Å². The number of rotatable bonds is 4. The summed E-state index contributed by atoms with van der Waals surface area (Å²) in [5.41, 5.74) is 1.02. The maximum Gasteiger partial charge on any atom is 0.416 e. The standard InChI is InChI=1S/C18H18F3N3S/c1-4-24(5-2)16-14-11(3)10-25-17(14)23-15(22-16)12-6-8-13(9-7-12)18(19,20)21/h6-10H,4-5H2,1-3H3. The molecule has 0 radical (unpaired) electrons. The highest BCUT2D eigenvalue weighted by Gasteiger charge is 2.30. The van der Waals surface area contributed by atoms with Crippen LogP contribution in [-0.2, 0) is 6.18 Å². The van der Waals surface area contributed by atoms with Gasteiger partial charge < -0.3 is 4.90 Å². The second kappa shape index (κ2) is 6.63. The molecule has 0 aliphatic heterocycles. The van der Waals surface area contributed by atoms with Crippen LogP contribution >= 0.6 is 11.3 Å². The van der Waals surface area contributed by atoms with Crippen LogP contribution < -0.4 is 4.90 Å². The predicted octanol–water partition coefficient (Wildman–Crippen LogP) is 5.53. The van der Waals surface area contributed by atoms with E-state index in [2.05, 4.69) is 28.7 Å². The second-order valence-corrected chi connectivity index (χ2v) is 6.58. The van der Waals surface area contributed by atoms with Crippen LogP contribution in [0.5, 0.6) is 0 Å². The normalized spacial score (nSPS) is 11.9. The van der Waals surface area contributed by atoms with E-state index < -0.39 is 11.7 Å². The summed E-state index contributed by atoms with van der Waals surface area (Å²) in [6.45, 7) is 7.72. The summed E-state index contributed by atoms with van der Waals surface area (Å²) in [5.74, 6) is 1.29. The number of halogens is 3. The van der Waals surface area contributed by atoms with E-state index in [4.69, 9.17) is 0 Å². The molecule has 0 unspecified atom stereocenters. The van der Waals surface area contributed by atoms with Gasteiger partial charge >= 0.3 is 6.18 Å². The number of benzene rings is 1. The first-order valence-corrected chi connectivity index (χ1v) is 8.91. The Bertz CT molecular complexity index is 881. The molecule has 0 fully saturated rings. The molecule has 3 nitrogen and oxygen atoms in total. The zero-order chi connectivity index (χ0) is 18.2. The number of hydrogen-bond donors (Lipinski definition) is 0. The summed E-state index contributed by atoms with van der Waals surface area (Å²) in [4.78, 5) is 12.2. The van der Waals surface area contributed by atoms with Gasteiger partial charge in [0.05, 0.1) is 10.9 Å². The van der Waals surface area contributed by atoms with Crippen LogP contribution in [0.2, 0.25) is 0 Å². The van der Waals surface area contributed by atoms with Crippen LogP contribution in [0.3, 0.4) is 0 Å². The zero-order valence-electron chi connectivity index (χ0n) is 14.2. The molecule has 0 aliphatic rings. The quantitative estimate of drug-likeness (QED) is 0.608. The Hall–Kier alpha value is -2.15. The summed E-state index contributed by atoms with van der Waals surface area (Å²) < 4.78 is 38.3. The molecule has 0 N–H and O–H groups in total. The summed E-state index contributed by atoms with van der Waals surface area (Å²) in [6, 6.07) is 4.99. The molecule has 0 bridgehead atoms. The molecule has 0 atom stereocenters. The van der Waals surface area contributed by atoms with Crippen LogP contribution in [-0.4, -0.2) is 23.1 Å². The number of thiophene rings is 1. The molecule has 0 saturated heterocycles. The maximum atomic E-state index is 12.8. The average Bonchev–Trinajstić information content (AvgIpc) is 2.96. The molecule has 3 rings (SSSR count). The van der Waals surface area contributed by atoms with Crippen LogP contribution in [0.15, 0.2) is 29.6 Å². The van der Waals surface area contributed by atoms with Crippen LogP contribution in [0, 0.1) is 6.92 Å². The number of fused-ring (bicyclic) bond motifs is 1. The third-order valence-corrected chi connectivity index (χ3v) is 5.12. The molecule has 3 aromatic rings. The van der Waals surface area contributed by atoms with Crippen molar-refractivity contribution in [2.45, 2.75) is 26.9 Å². The Morgan fingerprint density at radius 2 is 1.68 bits per heavy atom. The molecule has 1 aromatic carbocycles. The lowest BCUT2D eigenvalue weighted by Crippen LogP contribution is -2.23. The van der Waals surface area contributed by atoms with Gasteiger partial charge in [-0.25, -0.2) is 9.97 Å². The average molecular weight is 365 g/mol. The van der Waals surface area contributed by atoms with Crippen molar-refractivity contribution in [3.05, 3.63) is 40.8 Å². The van der Waals surface area contributed by atoms with Crippen molar-refractivity contribution in [1.82, 2.24) is 9.97 Å². The highest BCUT2D eigenvalue weighted by Crippen LogP contribution is 2.35. The molecule has 0 aliphatic carbocycles. The van der Waals surface area contributed by atoms with E-state index in [0.29, 0.717) is 11.4 Å². The van der Waals surface area contributed by atoms with Crippen molar-refractivity contribution in [2.75, 3.05) is 18.0 Å². The maximum absolute atomic E-state index is 12.8. The highest BCUT2D eigenvalue weighted by atomic mass is 32.1. The van der Waals surface area contributed by atoms with Gasteiger partial charge in [-0.2, -0.15) is 13.2 Å². The first-order chi connectivity index (χ1) is 11.8. The Morgan fingerprint density at radius 1 is 1.04 bits per heavy atom. The summed E-state index contributed by atoms with van der Waals surface area (Å²) in [6.07, 6.45) is -4.35. The van der Waals surface area contributed by atoms with Crippen LogP contribution in [0.25, 0.3) is 21.6 Å². The van der Waals surface area contributed by atoms with E-state index in [1.165, 1.54) is 23.5 Å². The Balaban J connectivity index is 2.14. The van der Waals surface area contributed by atoms with Crippen molar-refractivity contribution < 1.29 is 13.2 Å². The Kier molecular flexibility index (Phi) is 4.69. The van der Waals surface area contributed by atoms with Gasteiger partial charge in [-0.1, -0.05) is 12.1 Å². The molecule has 2 aromatic heterocycles. The molecular weight excluding hydrogens is 347 g/mol. The number of nitrogens with zero attached hydrogens (tertiary/aromatic N) is 3. The van der Waals surface area contributed by atoms with Gasteiger partial charge in [0.15, 0.2) is 5.82 Å². The smallest absolute Gasteiger partial charge is 0.357 e. The highest BCUT2D eigenvalue weighted by molar-refractivity contribution is 7.17. The number of aromatic nitrogens is 2. The topological polar surface area (TPSA) is 29.0 Å². The fourth-order valence-corrected chi connectivity index (χ4v) is 3.67. The summed E-state index contributed by atoms with van der Waals surface area (Å²) in [5, 5.41) is 3.05. The monoisotopic (exact) mass is 365 g/mol. The third-order valence-electron chi connectivity index (χ3n) is 4.13. The lowest BCUT2D eigenvalue weighted by Gasteiger charge is -2.21. The molecule has 25 heavy (non-hydrogen) atoms. The first-order valence-electron chi connectivity index (χ1n) is 8.03. The number of alkyl halides is 3. The molecule has 7 heteroatoms. The van der Waals surface area contributed by atoms with Crippen molar-refractivity contribution in [2.24, 2.45) is 0 Å². The minimum Gasteiger partial charge on any atom is -0.357 e. The lowest BCUT2D eigenvalue weighted by molar-refractivity contribution is -0.137. The number of anilines is 1. The summed E-state index contributed by atoms with van der Waals surface area (Å²) >= 11 is 1.52. The molecule has 132 valence electrons. The molecule has 0 saturated carbocycles. The third kappa shape index (κ3) is 3.33. The van der Waals surface area contributed by atoms with Gasteiger partial charge in [-0.05, 0) is 43.8 Å². The molecular formula is C18H18F3N3S. The second-order valence-electron chi connectivity index (χ2n) is 5.72.